The summed E-state index contributed by atoms with van der Waals surface area (Å²) in [6, 6.07) is -0.979. The first-order valence-electron chi connectivity index (χ1n) is 8.50. The van der Waals surface area contributed by atoms with Crippen molar-refractivity contribution in [3.05, 3.63) is 0 Å². The van der Waals surface area contributed by atoms with E-state index in [0.29, 0.717) is 12.8 Å². The van der Waals surface area contributed by atoms with E-state index in [2.05, 4.69) is 19.2 Å². The molecule has 25 heavy (non-hydrogen) atoms. The van der Waals surface area contributed by atoms with E-state index in [4.69, 9.17) is 14.2 Å². The second kappa shape index (κ2) is 7.62. The van der Waals surface area contributed by atoms with Crippen molar-refractivity contribution in [1.29, 1.82) is 0 Å². The fraction of sp³-hybridized carbons (Fsp3) is 0.833. The van der Waals surface area contributed by atoms with Crippen LogP contribution in [0.4, 0.5) is 4.79 Å². The van der Waals surface area contributed by atoms with E-state index >= 15 is 0 Å². The summed E-state index contributed by atoms with van der Waals surface area (Å²) in [7, 11) is 2.58. The van der Waals surface area contributed by atoms with E-state index in [0.717, 1.165) is 6.42 Å². The van der Waals surface area contributed by atoms with E-state index in [1.54, 1.807) is 20.8 Å². The van der Waals surface area contributed by atoms with Crippen molar-refractivity contribution in [3.8, 4) is 0 Å². The summed E-state index contributed by atoms with van der Waals surface area (Å²) in [5, 5.41) is 2.54. The Labute approximate surface area is 149 Å². The van der Waals surface area contributed by atoms with Crippen LogP contribution in [0, 0.1) is 10.8 Å². The summed E-state index contributed by atoms with van der Waals surface area (Å²) >= 11 is 0. The molecular formula is C18H31NO6. The van der Waals surface area contributed by atoms with Crippen LogP contribution in [0.1, 0.15) is 60.3 Å². The van der Waals surface area contributed by atoms with Crippen LogP contribution in [0.3, 0.4) is 0 Å². The van der Waals surface area contributed by atoms with Gasteiger partial charge in [0.15, 0.2) is 0 Å². The first kappa shape index (κ1) is 21.3. The number of alkyl carbamates (subject to hydrolysis) is 1. The molecule has 0 bridgehead atoms. The Hall–Kier alpha value is -1.79. The van der Waals surface area contributed by atoms with Gasteiger partial charge in [-0.15, -0.1) is 0 Å². The van der Waals surface area contributed by atoms with E-state index in [-0.39, 0.29) is 17.8 Å². The van der Waals surface area contributed by atoms with Crippen molar-refractivity contribution in [2.24, 2.45) is 10.8 Å². The molecule has 1 saturated carbocycles. The first-order valence-corrected chi connectivity index (χ1v) is 8.50. The second-order valence-electron chi connectivity index (χ2n) is 8.54. The topological polar surface area (TPSA) is 90.9 Å². The number of carbonyl (C=O) groups is 3. The zero-order valence-corrected chi connectivity index (χ0v) is 16.4. The Morgan fingerprint density at radius 2 is 1.68 bits per heavy atom. The normalized spacial score (nSPS) is 23.5. The van der Waals surface area contributed by atoms with Crippen LogP contribution >= 0.6 is 0 Å². The van der Waals surface area contributed by atoms with Crippen LogP contribution in [-0.2, 0) is 23.8 Å². The number of amides is 1. The standard InChI is InChI=1S/C18H31NO6/c1-16(2,3)25-15(22)19-12(13(20)23-6)10-18(14(21)24-7)9-8-17(4,5)11-18/h12H,8-11H2,1-7H3,(H,19,22). The maximum Gasteiger partial charge on any atom is 0.408 e. The van der Waals surface area contributed by atoms with E-state index in [1.165, 1.54) is 14.2 Å². The highest BCUT2D eigenvalue weighted by atomic mass is 16.6. The highest BCUT2D eigenvalue weighted by molar-refractivity contribution is 5.84. The molecule has 1 N–H and O–H groups in total. The molecule has 0 aromatic carbocycles. The lowest BCUT2D eigenvalue weighted by Gasteiger charge is -2.31. The van der Waals surface area contributed by atoms with Crippen LogP contribution in [0.25, 0.3) is 0 Å². The molecule has 1 amide bonds. The molecule has 7 heteroatoms. The van der Waals surface area contributed by atoms with Gasteiger partial charge in [0.1, 0.15) is 11.6 Å². The largest absolute Gasteiger partial charge is 0.469 e. The first-order chi connectivity index (χ1) is 11.3. The number of methoxy groups -OCH3 is 2. The lowest BCUT2D eigenvalue weighted by molar-refractivity contribution is -0.155. The van der Waals surface area contributed by atoms with E-state index < -0.39 is 29.1 Å². The molecule has 0 aliphatic heterocycles. The molecule has 0 aromatic heterocycles. The third-order valence-electron chi connectivity index (χ3n) is 4.49. The van der Waals surface area contributed by atoms with Gasteiger partial charge in [-0.1, -0.05) is 13.8 Å². The summed E-state index contributed by atoms with van der Waals surface area (Å²) < 4.78 is 15.0. The quantitative estimate of drug-likeness (QED) is 0.601. The van der Waals surface area contributed by atoms with Crippen LogP contribution in [0.5, 0.6) is 0 Å². The third kappa shape index (κ3) is 5.90. The molecule has 2 atom stereocenters. The lowest BCUT2D eigenvalue weighted by Crippen LogP contribution is -2.48. The van der Waals surface area contributed by atoms with Gasteiger partial charge in [0, 0.05) is 0 Å². The number of hydrogen-bond acceptors (Lipinski definition) is 6. The van der Waals surface area contributed by atoms with Crippen molar-refractivity contribution in [3.63, 3.8) is 0 Å². The summed E-state index contributed by atoms with van der Waals surface area (Å²) in [5.41, 5.74) is -1.56. The predicted molar refractivity (Wildman–Crippen MR) is 91.9 cm³/mol. The Morgan fingerprint density at radius 3 is 2.08 bits per heavy atom. The molecule has 1 rings (SSSR count). The Kier molecular flexibility index (Phi) is 6.48. The van der Waals surface area contributed by atoms with Crippen LogP contribution in [0.15, 0.2) is 0 Å². The van der Waals surface area contributed by atoms with Gasteiger partial charge in [-0.05, 0) is 51.9 Å². The van der Waals surface area contributed by atoms with Gasteiger partial charge in [0.05, 0.1) is 19.6 Å². The molecule has 0 saturated heterocycles. The highest BCUT2D eigenvalue weighted by Gasteiger charge is 2.51. The second-order valence-corrected chi connectivity index (χ2v) is 8.54. The summed E-state index contributed by atoms with van der Waals surface area (Å²) in [6.07, 6.45) is 1.41. The molecule has 0 spiro atoms. The van der Waals surface area contributed by atoms with Gasteiger partial charge in [-0.25, -0.2) is 9.59 Å². The maximum absolute atomic E-state index is 12.5. The van der Waals surface area contributed by atoms with Crippen molar-refractivity contribution < 1.29 is 28.6 Å². The fourth-order valence-electron chi connectivity index (χ4n) is 3.49. The minimum Gasteiger partial charge on any atom is -0.469 e. The zero-order valence-electron chi connectivity index (χ0n) is 16.4. The summed E-state index contributed by atoms with van der Waals surface area (Å²) in [4.78, 5) is 36.7. The predicted octanol–water partition coefficient (Wildman–Crippen LogP) is 2.81. The van der Waals surface area contributed by atoms with Crippen molar-refractivity contribution in [1.82, 2.24) is 5.32 Å². The molecule has 0 heterocycles. The summed E-state index contributed by atoms with van der Waals surface area (Å²) in [6.45, 7) is 9.34. The average molecular weight is 357 g/mol. The van der Waals surface area contributed by atoms with Crippen LogP contribution < -0.4 is 5.32 Å². The van der Waals surface area contributed by atoms with Crippen LogP contribution in [-0.4, -0.2) is 43.9 Å². The number of rotatable bonds is 5. The molecule has 1 aliphatic rings. The van der Waals surface area contributed by atoms with Gasteiger partial charge in [-0.3, -0.25) is 4.79 Å². The van der Waals surface area contributed by atoms with Crippen LogP contribution in [0.2, 0.25) is 0 Å². The smallest absolute Gasteiger partial charge is 0.408 e. The Balaban J connectivity index is 3.00. The van der Waals surface area contributed by atoms with Gasteiger partial charge in [0.25, 0.3) is 0 Å². The van der Waals surface area contributed by atoms with Crippen molar-refractivity contribution in [2.45, 2.75) is 71.9 Å². The molecule has 2 unspecified atom stereocenters. The third-order valence-corrected chi connectivity index (χ3v) is 4.49. The molecule has 0 aromatic rings. The molecule has 7 nitrogen and oxygen atoms in total. The minimum atomic E-state index is -0.979. The molecular weight excluding hydrogens is 326 g/mol. The summed E-state index contributed by atoms with van der Waals surface area (Å²) in [5.74, 6) is -0.975. The SMILES string of the molecule is COC(=O)C(CC1(C(=O)OC)CCC(C)(C)C1)NC(=O)OC(C)(C)C. The molecule has 0 radical (unpaired) electrons. The van der Waals surface area contributed by atoms with Crippen molar-refractivity contribution in [2.75, 3.05) is 14.2 Å². The number of nitrogens with one attached hydrogen (secondary N) is 1. The Bertz CT molecular complexity index is 522. The van der Waals surface area contributed by atoms with E-state index in [1.807, 2.05) is 0 Å². The number of ether oxygens (including phenoxy) is 3. The Morgan fingerprint density at radius 1 is 1.08 bits per heavy atom. The minimum absolute atomic E-state index is 0.0409. The highest BCUT2D eigenvalue weighted by Crippen LogP contribution is 2.52. The van der Waals surface area contributed by atoms with Gasteiger partial charge >= 0.3 is 18.0 Å². The number of carbonyl (C=O) groups excluding carboxylic acids is 3. The van der Waals surface area contributed by atoms with Crippen molar-refractivity contribution >= 4 is 18.0 Å². The maximum atomic E-state index is 12.5. The monoisotopic (exact) mass is 357 g/mol. The van der Waals surface area contributed by atoms with E-state index in [9.17, 15) is 14.4 Å². The lowest BCUT2D eigenvalue weighted by atomic mass is 9.77. The molecule has 1 fully saturated rings. The zero-order chi connectivity index (χ0) is 19.5. The number of esters is 2. The van der Waals surface area contributed by atoms with Gasteiger partial charge in [-0.2, -0.15) is 0 Å². The number of hydrogen-bond donors (Lipinski definition) is 1. The van der Waals surface area contributed by atoms with Gasteiger partial charge < -0.3 is 19.5 Å². The molecule has 144 valence electrons. The average Bonchev–Trinajstić information content (AvgIpc) is 2.79. The van der Waals surface area contributed by atoms with Gasteiger partial charge in [0.2, 0.25) is 0 Å². The fourth-order valence-corrected chi connectivity index (χ4v) is 3.49. The molecule has 1 aliphatic carbocycles.